The first-order valence-electron chi connectivity index (χ1n) is 2.90. The Kier molecular flexibility index (Phi) is 4.73. The minimum absolute atomic E-state index is 0.209. The first kappa shape index (κ1) is 9.28. The smallest absolute Gasteiger partial charge is 0.339 e. The number of carboxylic acid groups (broad SMARTS) is 1. The van der Waals surface area contributed by atoms with Crippen molar-refractivity contribution in [2.24, 2.45) is 0 Å². The summed E-state index contributed by atoms with van der Waals surface area (Å²) in [6, 6.07) is 0. The lowest BCUT2D eigenvalue weighted by atomic mass is 10.2. The van der Waals surface area contributed by atoms with Gasteiger partial charge in [0, 0.05) is 5.88 Å². The molecule has 0 aliphatic carbocycles. The van der Waals surface area contributed by atoms with Gasteiger partial charge in [-0.1, -0.05) is 6.58 Å². The molecule has 0 aromatic heterocycles. The van der Waals surface area contributed by atoms with Crippen LogP contribution in [0.5, 0.6) is 0 Å². The van der Waals surface area contributed by atoms with E-state index < -0.39 is 5.97 Å². The van der Waals surface area contributed by atoms with Gasteiger partial charge in [-0.15, -0.1) is 17.3 Å². The van der Waals surface area contributed by atoms with Gasteiger partial charge < -0.3 is 5.11 Å². The van der Waals surface area contributed by atoms with Crippen molar-refractivity contribution in [3.05, 3.63) is 17.9 Å². The minimum atomic E-state index is -0.958. The molecule has 0 spiro atoms. The number of carbonyl (C=O) groups is 1. The molecule has 1 N–H and O–H groups in total. The molecule has 0 fully saturated rings. The van der Waals surface area contributed by atoms with Crippen molar-refractivity contribution in [1.82, 2.24) is 0 Å². The van der Waals surface area contributed by atoms with Gasteiger partial charge >= 0.3 is 5.97 Å². The summed E-state index contributed by atoms with van der Waals surface area (Å²) < 4.78 is 0. The fraction of sp³-hybridized carbons (Fsp3) is 0.429. The SMILES string of the molecule is C=C=C(CCCCl)C(=O)O. The summed E-state index contributed by atoms with van der Waals surface area (Å²) >= 11 is 5.35. The van der Waals surface area contributed by atoms with Crippen molar-refractivity contribution < 1.29 is 9.90 Å². The summed E-state index contributed by atoms with van der Waals surface area (Å²) in [5.74, 6) is -0.488. The van der Waals surface area contributed by atoms with E-state index in [9.17, 15) is 4.79 Å². The van der Waals surface area contributed by atoms with Gasteiger partial charge in [0.15, 0.2) is 0 Å². The molecule has 2 nitrogen and oxygen atoms in total. The predicted octanol–water partition coefficient (Wildman–Crippen LogP) is 1.80. The Hall–Kier alpha value is -0.720. The number of hydrogen-bond acceptors (Lipinski definition) is 1. The summed E-state index contributed by atoms with van der Waals surface area (Å²) in [6.07, 6.45) is 1.11. The third kappa shape index (κ3) is 3.33. The fourth-order valence-corrected chi connectivity index (χ4v) is 0.648. The van der Waals surface area contributed by atoms with E-state index in [1.807, 2.05) is 0 Å². The van der Waals surface area contributed by atoms with Gasteiger partial charge in [-0.3, -0.25) is 0 Å². The van der Waals surface area contributed by atoms with Crippen LogP contribution in [-0.4, -0.2) is 17.0 Å². The molecule has 0 aromatic carbocycles. The van der Waals surface area contributed by atoms with Crippen LogP contribution in [0.1, 0.15) is 12.8 Å². The van der Waals surface area contributed by atoms with E-state index in [1.165, 1.54) is 0 Å². The van der Waals surface area contributed by atoms with E-state index in [0.29, 0.717) is 18.7 Å². The second kappa shape index (κ2) is 5.10. The number of alkyl halides is 1. The largest absolute Gasteiger partial charge is 0.477 e. The molecule has 0 amide bonds. The molecule has 0 bridgehead atoms. The topological polar surface area (TPSA) is 37.3 Å². The Labute approximate surface area is 64.8 Å². The van der Waals surface area contributed by atoms with E-state index in [2.05, 4.69) is 12.3 Å². The average molecular weight is 161 g/mol. The highest BCUT2D eigenvalue weighted by atomic mass is 35.5. The van der Waals surface area contributed by atoms with E-state index in [1.54, 1.807) is 0 Å². The monoisotopic (exact) mass is 160 g/mol. The van der Waals surface area contributed by atoms with Crippen LogP contribution < -0.4 is 0 Å². The highest BCUT2D eigenvalue weighted by molar-refractivity contribution is 6.17. The Morgan fingerprint density at radius 1 is 1.70 bits per heavy atom. The van der Waals surface area contributed by atoms with Gasteiger partial charge in [0.25, 0.3) is 0 Å². The van der Waals surface area contributed by atoms with Crippen molar-refractivity contribution in [1.29, 1.82) is 0 Å². The first-order valence-corrected chi connectivity index (χ1v) is 3.44. The lowest BCUT2D eigenvalue weighted by Crippen LogP contribution is -1.99. The molecular formula is C7H9ClO2. The molecule has 0 rings (SSSR count). The molecule has 0 unspecified atom stereocenters. The van der Waals surface area contributed by atoms with Crippen LogP contribution in [0.4, 0.5) is 0 Å². The second-order valence-corrected chi connectivity index (χ2v) is 2.13. The first-order chi connectivity index (χ1) is 4.72. The molecule has 0 aliphatic heterocycles. The zero-order chi connectivity index (χ0) is 7.98. The van der Waals surface area contributed by atoms with Crippen LogP contribution in [0.25, 0.3) is 0 Å². The summed E-state index contributed by atoms with van der Waals surface area (Å²) in [6.45, 7) is 3.25. The van der Waals surface area contributed by atoms with Gasteiger partial charge in [0.1, 0.15) is 0 Å². The quantitative estimate of drug-likeness (QED) is 0.387. The average Bonchev–Trinajstić information content (AvgIpc) is 1.89. The van der Waals surface area contributed by atoms with Gasteiger partial charge in [-0.2, -0.15) is 0 Å². The standard InChI is InChI=1S/C7H9ClO2/c1-2-6(7(9)10)4-3-5-8/h1,3-5H2,(H,9,10). The summed E-state index contributed by atoms with van der Waals surface area (Å²) in [5, 5.41) is 8.42. The number of carboxylic acids is 1. The molecule has 0 saturated heterocycles. The third-order valence-electron chi connectivity index (χ3n) is 1.03. The van der Waals surface area contributed by atoms with E-state index >= 15 is 0 Å². The van der Waals surface area contributed by atoms with E-state index in [0.717, 1.165) is 0 Å². The second-order valence-electron chi connectivity index (χ2n) is 1.75. The third-order valence-corrected chi connectivity index (χ3v) is 1.30. The van der Waals surface area contributed by atoms with Crippen LogP contribution >= 0.6 is 11.6 Å². The summed E-state index contributed by atoms with van der Waals surface area (Å²) in [5.41, 5.74) is 2.55. The van der Waals surface area contributed by atoms with Crippen molar-refractivity contribution in [3.63, 3.8) is 0 Å². The Bertz CT molecular complexity index is 168. The predicted molar refractivity (Wildman–Crippen MR) is 40.2 cm³/mol. The molecular weight excluding hydrogens is 152 g/mol. The molecule has 10 heavy (non-hydrogen) atoms. The Balaban J connectivity index is 3.87. The number of halogens is 1. The molecule has 0 aromatic rings. The Morgan fingerprint density at radius 3 is 2.60 bits per heavy atom. The van der Waals surface area contributed by atoms with Gasteiger partial charge in [-0.05, 0) is 12.8 Å². The van der Waals surface area contributed by atoms with Crippen molar-refractivity contribution >= 4 is 17.6 Å². The lowest BCUT2D eigenvalue weighted by molar-refractivity contribution is -0.132. The van der Waals surface area contributed by atoms with Crippen LogP contribution in [0.15, 0.2) is 17.9 Å². The van der Waals surface area contributed by atoms with Crippen molar-refractivity contribution in [2.45, 2.75) is 12.8 Å². The number of aliphatic carboxylic acids is 1. The van der Waals surface area contributed by atoms with Crippen molar-refractivity contribution in [2.75, 3.05) is 5.88 Å². The molecule has 0 heterocycles. The summed E-state index contributed by atoms with van der Waals surface area (Å²) in [4.78, 5) is 10.3. The van der Waals surface area contributed by atoms with E-state index in [4.69, 9.17) is 16.7 Å². The maximum Gasteiger partial charge on any atom is 0.339 e. The van der Waals surface area contributed by atoms with Crippen molar-refractivity contribution in [3.8, 4) is 0 Å². The highest BCUT2D eigenvalue weighted by Crippen LogP contribution is 2.03. The molecule has 0 saturated carbocycles. The van der Waals surface area contributed by atoms with E-state index in [-0.39, 0.29) is 5.57 Å². The molecule has 0 atom stereocenters. The van der Waals surface area contributed by atoms with Crippen LogP contribution in [-0.2, 0) is 4.79 Å². The zero-order valence-electron chi connectivity index (χ0n) is 5.56. The molecule has 0 aliphatic rings. The highest BCUT2D eigenvalue weighted by Gasteiger charge is 2.03. The molecule has 3 heteroatoms. The minimum Gasteiger partial charge on any atom is -0.477 e. The lowest BCUT2D eigenvalue weighted by Gasteiger charge is -1.94. The fourth-order valence-electron chi connectivity index (χ4n) is 0.515. The zero-order valence-corrected chi connectivity index (χ0v) is 6.32. The maximum atomic E-state index is 10.3. The van der Waals surface area contributed by atoms with Gasteiger partial charge in [-0.25, -0.2) is 4.79 Å². The van der Waals surface area contributed by atoms with Gasteiger partial charge in [0.2, 0.25) is 0 Å². The van der Waals surface area contributed by atoms with Crippen LogP contribution in [0.2, 0.25) is 0 Å². The van der Waals surface area contributed by atoms with Gasteiger partial charge in [0.05, 0.1) is 5.57 Å². The van der Waals surface area contributed by atoms with Crippen LogP contribution in [0.3, 0.4) is 0 Å². The Morgan fingerprint density at radius 2 is 2.30 bits per heavy atom. The number of hydrogen-bond donors (Lipinski definition) is 1. The van der Waals surface area contributed by atoms with Crippen LogP contribution in [0, 0.1) is 0 Å². The molecule has 0 radical (unpaired) electrons. The summed E-state index contributed by atoms with van der Waals surface area (Å²) in [7, 11) is 0. The molecule has 56 valence electrons. The maximum absolute atomic E-state index is 10.3. The normalized spacial score (nSPS) is 8.50. The number of rotatable bonds is 4.